The number of hydrogen-bond donors (Lipinski definition) is 6. The van der Waals surface area contributed by atoms with Gasteiger partial charge in [-0.25, -0.2) is 0 Å². The smallest absolute Gasteiger partial charge is 0.307 e. The largest absolute Gasteiger partial charge is 0.481 e. The maximum Gasteiger partial charge on any atom is 0.307 e. The predicted molar refractivity (Wildman–Crippen MR) is 375 cm³/mol. The summed E-state index contributed by atoms with van der Waals surface area (Å²) in [6.07, 6.45) is 1.12. The van der Waals surface area contributed by atoms with E-state index in [0.717, 1.165) is 29.5 Å². The van der Waals surface area contributed by atoms with Gasteiger partial charge in [-0.05, 0) is 61.3 Å². The van der Waals surface area contributed by atoms with Crippen molar-refractivity contribution in [3.63, 3.8) is 0 Å². The number of amides is 6. The Morgan fingerprint density at radius 1 is 0.690 bits per heavy atom. The van der Waals surface area contributed by atoms with E-state index in [4.69, 9.17) is 14.3 Å². The van der Waals surface area contributed by atoms with E-state index in [2.05, 4.69) is 22.0 Å². The Balaban J connectivity index is 1.10. The summed E-state index contributed by atoms with van der Waals surface area (Å²) in [5.41, 5.74) is 8.80. The number of aliphatic hydroxyl groups excluding tert-OH is 1. The van der Waals surface area contributed by atoms with Gasteiger partial charge >= 0.3 is 197 Å². The normalized spacial score (nSPS) is 25.5. The predicted octanol–water partition coefficient (Wildman–Crippen LogP) is 1.22. The zero-order valence-corrected chi connectivity index (χ0v) is 63.2. The number of nitrogens with zero attached hydrogens (tertiary/aromatic N) is 6. The van der Waals surface area contributed by atoms with Gasteiger partial charge in [0.2, 0.25) is 35.4 Å². The average Bonchev–Trinajstić information content (AvgIpc) is 1.60. The number of thioether (sulfide) groups is 3. The first-order valence-electron chi connectivity index (χ1n) is 34.5. The van der Waals surface area contributed by atoms with Gasteiger partial charge in [-0.1, -0.05) is 68.3 Å². The molecule has 0 saturated carbocycles. The second kappa shape index (κ2) is 41.8. The standard InChI is InChI=1S/C68H100N10O18S3.In/c1-4-5-7-14-52(80)33-50-43-98-41-48-29-47(40-97-28-11-15-53(81)35-74-20-22-75(37-60(85)86)24-26-77(39-62(89)90)27-25-76(23-21-74)38-61(87)88)30-49(31-48)42-99-44-51(68(95)96)34-57(82)55(32-46-12-8-6-9-13-46)71-64(91)54(17-18-58(69)83)70-66(93)63(45(2)79)72-65(92)56-16-10-19-78(56)59(84)36-73(3)67(50)94;/h6,8-9,12-13,29-31,45,50-51,54-56,63,79H,4-5,7,10-11,14-28,32-44H2,1-3H3,(H2,69,83)(H,70,93)(H,71,91)(H,72,92)(H,85,86)(H,87,88)(H,89,90)(H,95,96);/q;+3/p-3/t45-,50+,51+,54+,55+,56+,63+;/m1./s1. The third-order valence-corrected chi connectivity index (χ3v) is 25.4. The number of unbranched alkanes of at least 4 members (excludes halogenated alkanes) is 2. The minimum absolute atomic E-state index is 0.0180. The molecular formula is C68H97InN10O18S3. The van der Waals surface area contributed by atoms with Crippen LogP contribution in [-0.4, -0.2) is 285 Å². The molecule has 100 heavy (non-hydrogen) atoms. The second-order valence-electron chi connectivity index (χ2n) is 26.3. The SMILES string of the molecule is CCCCCC(=O)C[C@H]1CSCc2cc(CSCCCC(=O)CN3CCN4CCN5CCN(CC3)CC(=O)[O][In]([O]C(=O)C4)[O]C(=O)C5)cc(c2)CSC[C@@H](C(=O)O)CC(=O)[C@H](Cc2ccccc2)NC(=O)[C@H](CCC(N)=O)NC(=O)[C@H]([C@@H](C)O)NC(=O)[C@@H]2CCCN2C(=O)CN(C)C1=O. The first-order valence-corrected chi connectivity index (χ1v) is 42.0. The molecule has 0 aromatic heterocycles. The van der Waals surface area contributed by atoms with Crippen molar-refractivity contribution >= 4 is 135 Å². The van der Waals surface area contributed by atoms with Crippen LogP contribution >= 0.6 is 35.3 Å². The number of aliphatic carboxylic acids is 1. The molecular weight excluding hydrogens is 1460 g/mol. The molecule has 4 saturated heterocycles. The number of aliphatic hydroxyl groups is 1. The molecule has 7 rings (SSSR count). The van der Waals surface area contributed by atoms with E-state index in [9.17, 15) is 72.5 Å². The summed E-state index contributed by atoms with van der Waals surface area (Å²) in [5, 5.41) is 29.3. The molecule has 2 aromatic rings. The molecule has 0 spiro atoms. The second-order valence-corrected chi connectivity index (χ2v) is 33.2. The maximum atomic E-state index is 14.5. The van der Waals surface area contributed by atoms with Crippen LogP contribution in [-0.2, 0) is 94.6 Å². The zero-order valence-electron chi connectivity index (χ0n) is 57.5. The molecule has 2 unspecified atom stereocenters. The molecule has 32 heteroatoms. The Bertz CT molecular complexity index is 3160. The van der Waals surface area contributed by atoms with Gasteiger partial charge in [0.25, 0.3) is 0 Å². The van der Waals surface area contributed by atoms with Crippen LogP contribution in [0.4, 0.5) is 0 Å². The number of ketones is 3. The van der Waals surface area contributed by atoms with Crippen LogP contribution in [0.3, 0.4) is 0 Å². The van der Waals surface area contributed by atoms with Crippen molar-refractivity contribution in [3.8, 4) is 0 Å². The number of carbonyl (C=O) groups excluding carboxylic acids is 12. The summed E-state index contributed by atoms with van der Waals surface area (Å²) in [7, 11) is 1.47. The molecule has 4 fully saturated rings. The van der Waals surface area contributed by atoms with E-state index < -0.39 is 149 Å². The summed E-state index contributed by atoms with van der Waals surface area (Å²) in [6, 6.07) is 9.07. The van der Waals surface area contributed by atoms with Crippen LogP contribution in [0.5, 0.6) is 0 Å². The summed E-state index contributed by atoms with van der Waals surface area (Å²) in [4.78, 5) is 188. The van der Waals surface area contributed by atoms with Crippen molar-refractivity contribution in [1.29, 1.82) is 0 Å². The average molecular weight is 1550 g/mol. The van der Waals surface area contributed by atoms with Gasteiger partial charge in [0.1, 0.15) is 23.9 Å². The number of fused-ring (bicyclic) bond motifs is 10. The van der Waals surface area contributed by atoms with Crippen LogP contribution < -0.4 is 21.7 Å². The number of likely N-dealkylation sites (N-methyl/N-ethyl adjacent to an activating group) is 1. The molecule has 5 aliphatic heterocycles. The van der Waals surface area contributed by atoms with Gasteiger partial charge in [-0.15, -0.1) is 0 Å². The molecule has 6 bridgehead atoms. The Hall–Kier alpha value is -6.13. The molecule has 2 aromatic carbocycles. The monoisotopic (exact) mass is 1550 g/mol. The van der Waals surface area contributed by atoms with Crippen LogP contribution in [0, 0.1) is 11.8 Å². The quantitative estimate of drug-likeness (QED) is 0.0957. The molecule has 6 amide bonds. The third kappa shape index (κ3) is 27.6. The van der Waals surface area contributed by atoms with Gasteiger partial charge in [-0.3, -0.25) is 43.2 Å². The Morgan fingerprint density at radius 3 is 1.87 bits per heavy atom. The molecule has 5 heterocycles. The van der Waals surface area contributed by atoms with Crippen molar-refractivity contribution in [1.82, 2.24) is 45.3 Å². The molecule has 0 radical (unpaired) electrons. The molecule has 5 aliphatic rings. The topological polar surface area (TPSA) is 372 Å². The minimum Gasteiger partial charge on any atom is -0.481 e. The van der Waals surface area contributed by atoms with E-state index in [1.54, 1.807) is 42.1 Å². The van der Waals surface area contributed by atoms with Crippen molar-refractivity contribution in [2.45, 2.75) is 145 Å². The minimum atomic E-state index is -4.30. The fourth-order valence-electron chi connectivity index (χ4n) is 12.5. The number of nitrogens with two attached hydrogens (primary N) is 1. The van der Waals surface area contributed by atoms with Gasteiger partial charge in [0, 0.05) is 68.0 Å². The van der Waals surface area contributed by atoms with E-state index in [0.29, 0.717) is 107 Å². The van der Waals surface area contributed by atoms with Crippen LogP contribution in [0.2, 0.25) is 0 Å². The third-order valence-electron chi connectivity index (χ3n) is 18.0. The van der Waals surface area contributed by atoms with Gasteiger partial charge in [0.05, 0.1) is 30.5 Å². The first kappa shape index (κ1) is 81.2. The van der Waals surface area contributed by atoms with Crippen LogP contribution in [0.1, 0.15) is 113 Å². The number of carboxylic acids is 1. The first-order chi connectivity index (χ1) is 47.9. The Labute approximate surface area is 606 Å². The summed E-state index contributed by atoms with van der Waals surface area (Å²) < 4.78 is 16.4. The van der Waals surface area contributed by atoms with E-state index in [1.165, 1.54) is 47.3 Å². The Morgan fingerprint density at radius 2 is 1.28 bits per heavy atom. The number of carbonyl (C=O) groups is 13. The van der Waals surface area contributed by atoms with E-state index in [1.807, 2.05) is 38.7 Å². The fraction of sp³-hybridized carbons (Fsp3) is 0.632. The number of primary amides is 1. The van der Waals surface area contributed by atoms with E-state index >= 15 is 0 Å². The van der Waals surface area contributed by atoms with Gasteiger partial charge in [-0.2, -0.15) is 35.3 Å². The summed E-state index contributed by atoms with van der Waals surface area (Å²) >= 11 is 0.0773. The molecule has 28 nitrogen and oxygen atoms in total. The van der Waals surface area contributed by atoms with Gasteiger partial charge in [0.15, 0.2) is 5.78 Å². The number of benzene rings is 2. The number of Topliss-reactive ketones (excluding diaryl/α,β-unsaturated/α-hetero) is 3. The zero-order chi connectivity index (χ0) is 72.3. The Kier molecular flexibility index (Phi) is 34.0. The molecule has 9 atom stereocenters. The van der Waals surface area contributed by atoms with Crippen molar-refractivity contribution in [2.75, 3.05) is 116 Å². The van der Waals surface area contributed by atoms with E-state index in [-0.39, 0.29) is 87.9 Å². The molecule has 0 aliphatic carbocycles. The number of rotatable bonds is 21. The van der Waals surface area contributed by atoms with Gasteiger partial charge < -0.3 is 41.7 Å². The van der Waals surface area contributed by atoms with Crippen LogP contribution in [0.15, 0.2) is 48.5 Å². The maximum absolute atomic E-state index is 14.5. The number of carboxylic acid groups (broad SMARTS) is 1. The number of nitrogens with one attached hydrogen (secondary N) is 3. The molecule has 548 valence electrons. The van der Waals surface area contributed by atoms with Crippen molar-refractivity contribution < 1.29 is 81.1 Å². The number of hydrogen-bond acceptors (Lipinski definition) is 24. The summed E-state index contributed by atoms with van der Waals surface area (Å²) in [5.74, 6) is -8.35. The molecule has 7 N–H and O–H groups in total. The fourth-order valence-corrected chi connectivity index (χ4v) is 18.4. The van der Waals surface area contributed by atoms with Crippen molar-refractivity contribution in [2.24, 2.45) is 17.6 Å². The summed E-state index contributed by atoms with van der Waals surface area (Å²) in [6.45, 7) is 6.52. The van der Waals surface area contributed by atoms with Crippen LogP contribution in [0.25, 0.3) is 0 Å². The van der Waals surface area contributed by atoms with Crippen molar-refractivity contribution in [3.05, 3.63) is 70.8 Å².